The van der Waals surface area contributed by atoms with E-state index in [9.17, 15) is 0 Å². The summed E-state index contributed by atoms with van der Waals surface area (Å²) in [5.41, 5.74) is 0.954. The Morgan fingerprint density at radius 3 is 2.40 bits per heavy atom. The quantitative estimate of drug-likeness (QED) is 0.806. The zero-order chi connectivity index (χ0) is 11.3. The molecule has 1 rings (SSSR count). The van der Waals surface area contributed by atoms with Crippen molar-refractivity contribution < 1.29 is 0 Å². The average Bonchev–Trinajstić information content (AvgIpc) is 2.19. The van der Waals surface area contributed by atoms with Gasteiger partial charge in [-0.1, -0.05) is 13.8 Å². The fourth-order valence-electron chi connectivity index (χ4n) is 1.38. The third-order valence-corrected chi connectivity index (χ3v) is 2.37. The van der Waals surface area contributed by atoms with Crippen molar-refractivity contribution in [3.63, 3.8) is 0 Å². The number of rotatable bonds is 5. The van der Waals surface area contributed by atoms with E-state index in [1.54, 1.807) is 0 Å². The standard InChI is InChI=1S/C12H21N3/c1-9(2)5-6-10(3)13-12-8-7-11(4)14-15-12/h7-10H,5-6H2,1-4H3,(H,13,15). The number of nitrogens with one attached hydrogen (secondary N) is 1. The number of anilines is 1. The largest absolute Gasteiger partial charge is 0.366 e. The van der Waals surface area contributed by atoms with Gasteiger partial charge in [-0.15, -0.1) is 5.10 Å². The summed E-state index contributed by atoms with van der Waals surface area (Å²) < 4.78 is 0. The lowest BCUT2D eigenvalue weighted by molar-refractivity contribution is 0.527. The minimum atomic E-state index is 0.462. The van der Waals surface area contributed by atoms with E-state index in [0.717, 1.165) is 17.4 Å². The number of aromatic nitrogens is 2. The minimum absolute atomic E-state index is 0.462. The van der Waals surface area contributed by atoms with Crippen LogP contribution in [0.2, 0.25) is 0 Å². The topological polar surface area (TPSA) is 37.8 Å². The molecule has 0 fully saturated rings. The van der Waals surface area contributed by atoms with Crippen LogP contribution in [0.3, 0.4) is 0 Å². The highest BCUT2D eigenvalue weighted by atomic mass is 15.2. The monoisotopic (exact) mass is 207 g/mol. The van der Waals surface area contributed by atoms with Crippen molar-refractivity contribution in [2.75, 3.05) is 5.32 Å². The number of aryl methyl sites for hydroxylation is 1. The van der Waals surface area contributed by atoms with Gasteiger partial charge in [0, 0.05) is 6.04 Å². The molecule has 1 atom stereocenters. The maximum Gasteiger partial charge on any atom is 0.148 e. The SMILES string of the molecule is Cc1ccc(NC(C)CCC(C)C)nn1. The molecular formula is C12H21N3. The second-order valence-corrected chi connectivity index (χ2v) is 4.58. The summed E-state index contributed by atoms with van der Waals surface area (Å²) in [7, 11) is 0. The van der Waals surface area contributed by atoms with E-state index < -0.39 is 0 Å². The first kappa shape index (κ1) is 12.0. The highest BCUT2D eigenvalue weighted by molar-refractivity contribution is 5.33. The van der Waals surface area contributed by atoms with Crippen LogP contribution in [0, 0.1) is 12.8 Å². The molecule has 84 valence electrons. The van der Waals surface area contributed by atoms with Gasteiger partial charge < -0.3 is 5.32 Å². The van der Waals surface area contributed by atoms with Crippen molar-refractivity contribution in [3.8, 4) is 0 Å². The smallest absolute Gasteiger partial charge is 0.148 e. The molecule has 1 heterocycles. The molecule has 0 amide bonds. The Labute approximate surface area is 92.3 Å². The third-order valence-electron chi connectivity index (χ3n) is 2.37. The summed E-state index contributed by atoms with van der Waals surface area (Å²) in [5.74, 6) is 1.63. The van der Waals surface area contributed by atoms with Crippen LogP contribution in [-0.2, 0) is 0 Å². The molecule has 1 N–H and O–H groups in total. The maximum atomic E-state index is 4.08. The van der Waals surface area contributed by atoms with Crippen LogP contribution in [0.15, 0.2) is 12.1 Å². The lowest BCUT2D eigenvalue weighted by Crippen LogP contribution is -2.17. The summed E-state index contributed by atoms with van der Waals surface area (Å²) in [4.78, 5) is 0. The highest BCUT2D eigenvalue weighted by Crippen LogP contribution is 2.10. The molecule has 0 saturated heterocycles. The predicted octanol–water partition coefficient (Wildman–Crippen LogP) is 3.02. The van der Waals surface area contributed by atoms with E-state index in [0.29, 0.717) is 6.04 Å². The van der Waals surface area contributed by atoms with Crippen LogP contribution in [0.1, 0.15) is 39.3 Å². The summed E-state index contributed by atoms with van der Waals surface area (Å²) >= 11 is 0. The van der Waals surface area contributed by atoms with Crippen molar-refractivity contribution in [3.05, 3.63) is 17.8 Å². The van der Waals surface area contributed by atoms with Gasteiger partial charge in [-0.25, -0.2) is 0 Å². The van der Waals surface area contributed by atoms with Gasteiger partial charge in [-0.2, -0.15) is 5.10 Å². The molecule has 0 aliphatic carbocycles. The fraction of sp³-hybridized carbons (Fsp3) is 0.667. The highest BCUT2D eigenvalue weighted by Gasteiger charge is 2.04. The van der Waals surface area contributed by atoms with Gasteiger partial charge in [0.25, 0.3) is 0 Å². The van der Waals surface area contributed by atoms with Gasteiger partial charge in [0.2, 0.25) is 0 Å². The molecule has 3 nitrogen and oxygen atoms in total. The van der Waals surface area contributed by atoms with Crippen LogP contribution in [0.5, 0.6) is 0 Å². The van der Waals surface area contributed by atoms with Gasteiger partial charge in [0.05, 0.1) is 5.69 Å². The molecule has 0 spiro atoms. The Balaban J connectivity index is 2.37. The van der Waals surface area contributed by atoms with Crippen molar-refractivity contribution in [1.29, 1.82) is 0 Å². The lowest BCUT2D eigenvalue weighted by atomic mass is 10.0. The first-order valence-electron chi connectivity index (χ1n) is 5.65. The van der Waals surface area contributed by atoms with E-state index in [1.165, 1.54) is 12.8 Å². The zero-order valence-electron chi connectivity index (χ0n) is 10.1. The predicted molar refractivity (Wildman–Crippen MR) is 63.9 cm³/mol. The first-order chi connectivity index (χ1) is 7.08. The maximum absolute atomic E-state index is 4.08. The molecular weight excluding hydrogens is 186 g/mol. The van der Waals surface area contributed by atoms with E-state index in [2.05, 4.69) is 36.3 Å². The molecule has 0 bridgehead atoms. The molecule has 0 radical (unpaired) electrons. The van der Waals surface area contributed by atoms with Gasteiger partial charge in [-0.05, 0) is 44.7 Å². The normalized spacial score (nSPS) is 12.9. The zero-order valence-corrected chi connectivity index (χ0v) is 10.1. The Morgan fingerprint density at radius 2 is 1.87 bits per heavy atom. The Morgan fingerprint density at radius 1 is 1.13 bits per heavy atom. The molecule has 15 heavy (non-hydrogen) atoms. The van der Waals surface area contributed by atoms with E-state index in [1.807, 2.05) is 19.1 Å². The molecule has 1 aromatic rings. The Kier molecular flexibility index (Phi) is 4.53. The van der Waals surface area contributed by atoms with Crippen molar-refractivity contribution >= 4 is 5.82 Å². The van der Waals surface area contributed by atoms with Crippen molar-refractivity contribution in [2.45, 2.75) is 46.6 Å². The van der Waals surface area contributed by atoms with Gasteiger partial charge >= 0.3 is 0 Å². The second-order valence-electron chi connectivity index (χ2n) is 4.58. The number of hydrogen-bond donors (Lipinski definition) is 1. The van der Waals surface area contributed by atoms with Crippen LogP contribution in [0.25, 0.3) is 0 Å². The third kappa shape index (κ3) is 4.77. The van der Waals surface area contributed by atoms with Crippen LogP contribution >= 0.6 is 0 Å². The lowest BCUT2D eigenvalue weighted by Gasteiger charge is -2.15. The first-order valence-corrected chi connectivity index (χ1v) is 5.65. The van der Waals surface area contributed by atoms with Crippen LogP contribution in [-0.4, -0.2) is 16.2 Å². The summed E-state index contributed by atoms with van der Waals surface area (Å²) in [5, 5.41) is 11.4. The van der Waals surface area contributed by atoms with Crippen LogP contribution < -0.4 is 5.32 Å². The molecule has 0 aliphatic rings. The summed E-state index contributed by atoms with van der Waals surface area (Å²) in [6.45, 7) is 8.62. The number of hydrogen-bond acceptors (Lipinski definition) is 3. The van der Waals surface area contributed by atoms with Crippen molar-refractivity contribution in [1.82, 2.24) is 10.2 Å². The molecule has 0 aromatic carbocycles. The number of nitrogens with zero attached hydrogens (tertiary/aromatic N) is 2. The van der Waals surface area contributed by atoms with Gasteiger partial charge in [0.1, 0.15) is 5.82 Å². The summed E-state index contributed by atoms with van der Waals surface area (Å²) in [6, 6.07) is 4.42. The van der Waals surface area contributed by atoms with E-state index in [4.69, 9.17) is 0 Å². The second kappa shape index (κ2) is 5.69. The average molecular weight is 207 g/mol. The fourth-order valence-corrected chi connectivity index (χ4v) is 1.38. The molecule has 0 saturated carbocycles. The molecule has 1 unspecified atom stereocenters. The van der Waals surface area contributed by atoms with E-state index >= 15 is 0 Å². The van der Waals surface area contributed by atoms with Crippen molar-refractivity contribution in [2.24, 2.45) is 5.92 Å². The molecule has 3 heteroatoms. The summed E-state index contributed by atoms with van der Waals surface area (Å²) in [6.07, 6.45) is 2.42. The van der Waals surface area contributed by atoms with Gasteiger partial charge in [0.15, 0.2) is 0 Å². The van der Waals surface area contributed by atoms with Gasteiger partial charge in [-0.3, -0.25) is 0 Å². The molecule has 0 aliphatic heterocycles. The Hall–Kier alpha value is -1.12. The minimum Gasteiger partial charge on any atom is -0.366 e. The van der Waals surface area contributed by atoms with Crippen LogP contribution in [0.4, 0.5) is 5.82 Å². The Bertz CT molecular complexity index is 279. The molecule has 1 aromatic heterocycles. The van der Waals surface area contributed by atoms with E-state index in [-0.39, 0.29) is 0 Å².